The molecule has 2 N–H and O–H groups in total. The van der Waals surface area contributed by atoms with Crippen molar-refractivity contribution in [3.63, 3.8) is 0 Å². The summed E-state index contributed by atoms with van der Waals surface area (Å²) in [5, 5.41) is 5.56. The smallest absolute Gasteiger partial charge is 0.272 e. The summed E-state index contributed by atoms with van der Waals surface area (Å²) in [6.45, 7) is 2.52. The molecule has 0 aliphatic carbocycles. The van der Waals surface area contributed by atoms with Crippen LogP contribution in [0, 0.1) is 0 Å². The molecule has 0 aliphatic rings. The maximum Gasteiger partial charge on any atom is 0.272 e. The molecule has 0 atom stereocenters. The van der Waals surface area contributed by atoms with Gasteiger partial charge < -0.3 is 20.3 Å². The molecule has 0 saturated heterocycles. The van der Waals surface area contributed by atoms with Crippen molar-refractivity contribution in [2.45, 2.75) is 6.92 Å². The molecule has 2 amide bonds. The third-order valence-electron chi connectivity index (χ3n) is 6.29. The van der Waals surface area contributed by atoms with Gasteiger partial charge in [0.15, 0.2) is 5.78 Å². The summed E-state index contributed by atoms with van der Waals surface area (Å²) in [6.07, 6.45) is 4.87. The SMILES string of the molecule is CCOc1ccc(/C=C/C(=O)c2ccc(NC(=O)/C(=C/c3ccc(N(C)C)cc3)NC(=O)c3ccccc3)cc2)cc1. The molecule has 4 aromatic rings. The van der Waals surface area contributed by atoms with Crippen LogP contribution in [-0.4, -0.2) is 38.3 Å². The van der Waals surface area contributed by atoms with Gasteiger partial charge in [-0.3, -0.25) is 14.4 Å². The maximum absolute atomic E-state index is 13.3. The van der Waals surface area contributed by atoms with Crippen molar-refractivity contribution in [1.82, 2.24) is 5.32 Å². The van der Waals surface area contributed by atoms with E-state index in [9.17, 15) is 14.4 Å². The summed E-state index contributed by atoms with van der Waals surface area (Å²) in [5.41, 5.74) is 4.11. The summed E-state index contributed by atoms with van der Waals surface area (Å²) in [4.78, 5) is 40.9. The third kappa shape index (κ3) is 8.29. The van der Waals surface area contributed by atoms with E-state index >= 15 is 0 Å². The molecule has 0 saturated carbocycles. The number of benzene rings is 4. The molecule has 0 radical (unpaired) electrons. The average Bonchev–Trinajstić information content (AvgIpc) is 3.01. The highest BCUT2D eigenvalue weighted by Gasteiger charge is 2.15. The summed E-state index contributed by atoms with van der Waals surface area (Å²) < 4.78 is 5.44. The van der Waals surface area contributed by atoms with Gasteiger partial charge in [0, 0.05) is 36.6 Å². The van der Waals surface area contributed by atoms with E-state index in [1.807, 2.05) is 80.5 Å². The van der Waals surface area contributed by atoms with E-state index < -0.39 is 11.8 Å². The number of ketones is 1. The number of hydrogen-bond donors (Lipinski definition) is 2. The molecule has 0 unspecified atom stereocenters. The molecule has 42 heavy (non-hydrogen) atoms. The van der Waals surface area contributed by atoms with Crippen LogP contribution >= 0.6 is 0 Å². The van der Waals surface area contributed by atoms with E-state index in [-0.39, 0.29) is 11.5 Å². The van der Waals surface area contributed by atoms with Crippen molar-refractivity contribution in [2.75, 3.05) is 30.9 Å². The van der Waals surface area contributed by atoms with Crippen LogP contribution in [-0.2, 0) is 4.79 Å². The predicted molar refractivity (Wildman–Crippen MR) is 169 cm³/mol. The highest BCUT2D eigenvalue weighted by molar-refractivity contribution is 6.11. The molecule has 0 spiro atoms. The van der Waals surface area contributed by atoms with Gasteiger partial charge in [-0.25, -0.2) is 0 Å². The van der Waals surface area contributed by atoms with Crippen LogP contribution in [0.15, 0.2) is 115 Å². The lowest BCUT2D eigenvalue weighted by molar-refractivity contribution is -0.113. The second-order valence-electron chi connectivity index (χ2n) is 9.60. The van der Waals surface area contributed by atoms with Gasteiger partial charge >= 0.3 is 0 Å². The van der Waals surface area contributed by atoms with Crippen LogP contribution in [0.5, 0.6) is 5.75 Å². The van der Waals surface area contributed by atoms with Crippen molar-refractivity contribution in [3.8, 4) is 5.75 Å². The topological polar surface area (TPSA) is 87.7 Å². The zero-order chi connectivity index (χ0) is 29.9. The average molecular weight is 560 g/mol. The van der Waals surface area contributed by atoms with E-state index in [4.69, 9.17) is 4.74 Å². The maximum atomic E-state index is 13.3. The summed E-state index contributed by atoms with van der Waals surface area (Å²) in [6, 6.07) is 30.4. The Labute approximate surface area is 246 Å². The lowest BCUT2D eigenvalue weighted by Crippen LogP contribution is -2.30. The first-order valence-corrected chi connectivity index (χ1v) is 13.5. The molecule has 0 heterocycles. The van der Waals surface area contributed by atoms with Gasteiger partial charge in [0.2, 0.25) is 0 Å². The Morgan fingerprint density at radius 2 is 1.40 bits per heavy atom. The number of amides is 2. The van der Waals surface area contributed by atoms with Crippen molar-refractivity contribution < 1.29 is 19.1 Å². The Morgan fingerprint density at radius 3 is 2.02 bits per heavy atom. The first-order valence-electron chi connectivity index (χ1n) is 13.5. The van der Waals surface area contributed by atoms with Crippen molar-refractivity contribution in [3.05, 3.63) is 137 Å². The fourth-order valence-electron chi connectivity index (χ4n) is 4.00. The Morgan fingerprint density at radius 1 is 0.762 bits per heavy atom. The van der Waals surface area contributed by atoms with Crippen LogP contribution in [0.4, 0.5) is 11.4 Å². The van der Waals surface area contributed by atoms with Crippen molar-refractivity contribution >= 4 is 41.1 Å². The van der Waals surface area contributed by atoms with E-state index in [0.29, 0.717) is 23.4 Å². The van der Waals surface area contributed by atoms with Crippen LogP contribution in [0.3, 0.4) is 0 Å². The monoisotopic (exact) mass is 559 g/mol. The normalized spacial score (nSPS) is 11.2. The highest BCUT2D eigenvalue weighted by atomic mass is 16.5. The quantitative estimate of drug-likeness (QED) is 0.163. The predicted octanol–water partition coefficient (Wildman–Crippen LogP) is 6.46. The van der Waals surface area contributed by atoms with E-state index in [0.717, 1.165) is 22.6 Å². The Balaban J connectivity index is 1.47. The fraction of sp³-hybridized carbons (Fsp3) is 0.114. The second-order valence-corrected chi connectivity index (χ2v) is 9.60. The number of carbonyl (C=O) groups is 3. The molecule has 4 rings (SSSR count). The lowest BCUT2D eigenvalue weighted by Gasteiger charge is -2.13. The first kappa shape index (κ1) is 29.6. The molecule has 0 aromatic heterocycles. The molecule has 4 aromatic carbocycles. The number of nitrogens with zero attached hydrogens (tertiary/aromatic N) is 1. The molecule has 0 fully saturated rings. The summed E-state index contributed by atoms with van der Waals surface area (Å²) in [7, 11) is 3.89. The Hall–Kier alpha value is -5.43. The lowest BCUT2D eigenvalue weighted by atomic mass is 10.1. The van der Waals surface area contributed by atoms with Crippen molar-refractivity contribution in [2.24, 2.45) is 0 Å². The van der Waals surface area contributed by atoms with Gasteiger partial charge in [-0.05, 0) is 90.9 Å². The molecule has 7 nitrogen and oxygen atoms in total. The third-order valence-corrected chi connectivity index (χ3v) is 6.29. The zero-order valence-corrected chi connectivity index (χ0v) is 23.8. The minimum atomic E-state index is -0.495. The molecular weight excluding hydrogens is 526 g/mol. The number of carbonyl (C=O) groups excluding carboxylic acids is 3. The molecule has 7 heteroatoms. The van der Waals surface area contributed by atoms with Crippen LogP contribution in [0.2, 0.25) is 0 Å². The van der Waals surface area contributed by atoms with Gasteiger partial charge in [0.25, 0.3) is 11.8 Å². The molecule has 0 aliphatic heterocycles. The molecule has 212 valence electrons. The van der Waals surface area contributed by atoms with Crippen LogP contribution < -0.4 is 20.3 Å². The van der Waals surface area contributed by atoms with E-state index in [1.165, 1.54) is 6.08 Å². The van der Waals surface area contributed by atoms with Crippen LogP contribution in [0.1, 0.15) is 38.8 Å². The number of allylic oxidation sites excluding steroid dienone is 1. The zero-order valence-electron chi connectivity index (χ0n) is 23.8. The minimum absolute atomic E-state index is 0.0832. The Bertz CT molecular complexity index is 1570. The number of rotatable bonds is 11. The first-order chi connectivity index (χ1) is 20.3. The molecular formula is C35H33N3O4. The largest absolute Gasteiger partial charge is 0.494 e. The van der Waals surface area contributed by atoms with Gasteiger partial charge in [0.05, 0.1) is 6.61 Å². The van der Waals surface area contributed by atoms with Gasteiger partial charge in [-0.2, -0.15) is 0 Å². The summed E-state index contributed by atoms with van der Waals surface area (Å²) >= 11 is 0. The highest BCUT2D eigenvalue weighted by Crippen LogP contribution is 2.17. The number of hydrogen-bond acceptors (Lipinski definition) is 5. The number of anilines is 2. The minimum Gasteiger partial charge on any atom is -0.494 e. The van der Waals surface area contributed by atoms with E-state index in [2.05, 4.69) is 10.6 Å². The second kappa shape index (κ2) is 14.3. The Kier molecular flexibility index (Phi) is 10.0. The summed E-state index contributed by atoms with van der Waals surface area (Å²) in [5.74, 6) is -0.287. The standard InChI is InChI=1S/C35H33N3O4/c1-4-42-31-21-12-25(13-22-31)14-23-33(39)27-15-17-29(18-16-27)36-35(41)32(37-34(40)28-8-6-5-7-9-28)24-26-10-19-30(20-11-26)38(2)3/h5-24H,4H2,1-3H3,(H,36,41)(H,37,40)/b23-14+,32-24-. The number of ether oxygens (including phenoxy) is 1. The van der Waals surface area contributed by atoms with E-state index in [1.54, 1.807) is 60.7 Å². The number of nitrogens with one attached hydrogen (secondary N) is 2. The molecule has 0 bridgehead atoms. The van der Waals surface area contributed by atoms with Gasteiger partial charge in [-0.1, -0.05) is 48.5 Å². The van der Waals surface area contributed by atoms with Crippen molar-refractivity contribution in [1.29, 1.82) is 0 Å². The van der Waals surface area contributed by atoms with Crippen LogP contribution in [0.25, 0.3) is 12.2 Å². The van der Waals surface area contributed by atoms with Gasteiger partial charge in [0.1, 0.15) is 11.4 Å². The van der Waals surface area contributed by atoms with Gasteiger partial charge in [-0.15, -0.1) is 0 Å². The fourth-order valence-corrected chi connectivity index (χ4v) is 4.00.